The Bertz CT molecular complexity index is 957. The third kappa shape index (κ3) is 5.19. The lowest BCUT2D eigenvalue weighted by molar-refractivity contribution is -0.118. The van der Waals surface area contributed by atoms with Crippen LogP contribution in [-0.4, -0.2) is 25.7 Å². The Kier molecular flexibility index (Phi) is 5.81. The molecular formula is C23H21NO5. The minimum atomic E-state index is -0.252. The largest absolute Gasteiger partial charge is 0.489 e. The van der Waals surface area contributed by atoms with Crippen molar-refractivity contribution in [2.24, 2.45) is 0 Å². The van der Waals surface area contributed by atoms with Crippen LogP contribution in [0.4, 0.5) is 5.69 Å². The van der Waals surface area contributed by atoms with Gasteiger partial charge in [0.1, 0.15) is 31.3 Å². The summed E-state index contributed by atoms with van der Waals surface area (Å²) >= 11 is 0. The Morgan fingerprint density at radius 2 is 1.55 bits per heavy atom. The highest BCUT2D eigenvalue weighted by Crippen LogP contribution is 2.33. The lowest BCUT2D eigenvalue weighted by atomic mass is 10.2. The number of hydrogen-bond acceptors (Lipinski definition) is 5. The molecule has 1 heterocycles. The zero-order chi connectivity index (χ0) is 19.9. The Morgan fingerprint density at radius 1 is 0.828 bits per heavy atom. The fourth-order valence-corrected chi connectivity index (χ4v) is 2.83. The van der Waals surface area contributed by atoms with Crippen molar-refractivity contribution in [1.29, 1.82) is 0 Å². The van der Waals surface area contributed by atoms with Gasteiger partial charge in [-0.3, -0.25) is 4.79 Å². The number of nitrogens with one attached hydrogen (secondary N) is 1. The molecule has 1 amide bonds. The predicted octanol–water partition coefficient (Wildman–Crippen LogP) is 4.05. The maximum Gasteiger partial charge on any atom is 0.262 e. The molecule has 0 spiro atoms. The van der Waals surface area contributed by atoms with E-state index in [4.69, 9.17) is 18.9 Å². The first kappa shape index (κ1) is 18.7. The molecule has 4 rings (SSSR count). The molecule has 0 fully saturated rings. The van der Waals surface area contributed by atoms with Gasteiger partial charge in [0, 0.05) is 11.8 Å². The van der Waals surface area contributed by atoms with Gasteiger partial charge >= 0.3 is 0 Å². The van der Waals surface area contributed by atoms with Crippen molar-refractivity contribution in [3.8, 4) is 23.0 Å². The van der Waals surface area contributed by atoms with E-state index in [1.165, 1.54) is 0 Å². The highest BCUT2D eigenvalue weighted by Gasteiger charge is 2.13. The number of carbonyl (C=O) groups excluding carboxylic acids is 1. The van der Waals surface area contributed by atoms with Gasteiger partial charge in [-0.05, 0) is 42.0 Å². The fraction of sp³-hybridized carbons (Fsp3) is 0.174. The van der Waals surface area contributed by atoms with Crippen LogP contribution in [0.3, 0.4) is 0 Å². The van der Waals surface area contributed by atoms with Gasteiger partial charge in [0.05, 0.1) is 0 Å². The number of fused-ring (bicyclic) bond motifs is 1. The lowest BCUT2D eigenvalue weighted by Gasteiger charge is -2.18. The topological polar surface area (TPSA) is 66.0 Å². The smallest absolute Gasteiger partial charge is 0.262 e. The maximum absolute atomic E-state index is 12.1. The summed E-state index contributed by atoms with van der Waals surface area (Å²) in [5, 5.41) is 2.80. The van der Waals surface area contributed by atoms with Gasteiger partial charge in [0.2, 0.25) is 0 Å². The molecule has 29 heavy (non-hydrogen) atoms. The Labute approximate surface area is 169 Å². The van der Waals surface area contributed by atoms with E-state index in [2.05, 4.69) is 5.32 Å². The molecule has 0 saturated carbocycles. The van der Waals surface area contributed by atoms with Crippen LogP contribution in [0.2, 0.25) is 0 Å². The van der Waals surface area contributed by atoms with Crippen LogP contribution >= 0.6 is 0 Å². The van der Waals surface area contributed by atoms with Crippen LogP contribution in [-0.2, 0) is 11.4 Å². The minimum absolute atomic E-state index is 0.105. The Balaban J connectivity index is 1.25. The molecule has 0 aromatic heterocycles. The molecule has 148 valence electrons. The average Bonchev–Trinajstić information content (AvgIpc) is 2.78. The van der Waals surface area contributed by atoms with Crippen LogP contribution in [0, 0.1) is 0 Å². The maximum atomic E-state index is 12.1. The summed E-state index contributed by atoms with van der Waals surface area (Å²) in [4.78, 5) is 12.1. The van der Waals surface area contributed by atoms with Gasteiger partial charge in [0.15, 0.2) is 18.1 Å². The quantitative estimate of drug-likeness (QED) is 0.658. The molecule has 0 saturated heterocycles. The molecule has 0 unspecified atom stereocenters. The summed E-state index contributed by atoms with van der Waals surface area (Å²) in [5.74, 6) is 2.34. The Hall–Kier alpha value is -3.67. The highest BCUT2D eigenvalue weighted by molar-refractivity contribution is 5.91. The molecule has 1 aliphatic heterocycles. The van der Waals surface area contributed by atoms with E-state index in [0.29, 0.717) is 42.8 Å². The molecule has 1 N–H and O–H groups in total. The lowest BCUT2D eigenvalue weighted by Crippen LogP contribution is -2.20. The van der Waals surface area contributed by atoms with Crippen molar-refractivity contribution in [2.45, 2.75) is 6.61 Å². The Morgan fingerprint density at radius 3 is 2.34 bits per heavy atom. The molecule has 1 aliphatic rings. The molecule has 0 atom stereocenters. The van der Waals surface area contributed by atoms with Gasteiger partial charge in [-0.2, -0.15) is 0 Å². The molecule has 6 heteroatoms. The van der Waals surface area contributed by atoms with Gasteiger partial charge in [0.25, 0.3) is 5.91 Å². The summed E-state index contributed by atoms with van der Waals surface area (Å²) < 4.78 is 22.3. The molecular weight excluding hydrogens is 370 g/mol. The SMILES string of the molecule is O=C(COc1ccc2c(c1)OCCO2)Nc1ccc(OCc2ccccc2)cc1. The van der Waals surface area contributed by atoms with Crippen molar-refractivity contribution < 1.29 is 23.7 Å². The predicted molar refractivity (Wildman–Crippen MR) is 109 cm³/mol. The van der Waals surface area contributed by atoms with Crippen LogP contribution in [0.1, 0.15) is 5.56 Å². The van der Waals surface area contributed by atoms with E-state index in [1.54, 1.807) is 30.3 Å². The van der Waals surface area contributed by atoms with E-state index >= 15 is 0 Å². The number of carbonyl (C=O) groups is 1. The van der Waals surface area contributed by atoms with Gasteiger partial charge in [-0.1, -0.05) is 30.3 Å². The number of ether oxygens (including phenoxy) is 4. The zero-order valence-corrected chi connectivity index (χ0v) is 15.8. The van der Waals surface area contributed by atoms with Gasteiger partial charge < -0.3 is 24.3 Å². The zero-order valence-electron chi connectivity index (χ0n) is 15.8. The van der Waals surface area contributed by atoms with Gasteiger partial charge in [-0.25, -0.2) is 0 Å². The average molecular weight is 391 g/mol. The number of anilines is 1. The first-order chi connectivity index (χ1) is 14.3. The fourth-order valence-electron chi connectivity index (χ4n) is 2.83. The first-order valence-electron chi connectivity index (χ1n) is 9.35. The van der Waals surface area contributed by atoms with E-state index in [-0.39, 0.29) is 12.5 Å². The number of benzene rings is 3. The second-order valence-electron chi connectivity index (χ2n) is 6.44. The molecule has 3 aromatic carbocycles. The second kappa shape index (κ2) is 9.01. The molecule has 0 bridgehead atoms. The standard InChI is InChI=1S/C23H21NO5/c25-23(16-29-20-10-11-21-22(14-20)27-13-12-26-21)24-18-6-8-19(9-7-18)28-15-17-4-2-1-3-5-17/h1-11,14H,12-13,15-16H2,(H,24,25). The van der Waals surface area contributed by atoms with Crippen molar-refractivity contribution >= 4 is 11.6 Å². The van der Waals surface area contributed by atoms with E-state index in [1.807, 2.05) is 42.5 Å². The van der Waals surface area contributed by atoms with Crippen LogP contribution in [0.15, 0.2) is 72.8 Å². The van der Waals surface area contributed by atoms with Crippen molar-refractivity contribution in [2.75, 3.05) is 25.1 Å². The van der Waals surface area contributed by atoms with E-state index in [9.17, 15) is 4.79 Å². The molecule has 0 radical (unpaired) electrons. The van der Waals surface area contributed by atoms with Crippen molar-refractivity contribution in [3.05, 3.63) is 78.4 Å². The third-order valence-electron chi connectivity index (χ3n) is 4.27. The normalized spacial score (nSPS) is 12.1. The van der Waals surface area contributed by atoms with E-state index < -0.39 is 0 Å². The van der Waals surface area contributed by atoms with Crippen LogP contribution in [0.25, 0.3) is 0 Å². The van der Waals surface area contributed by atoms with Crippen LogP contribution in [0.5, 0.6) is 23.0 Å². The van der Waals surface area contributed by atoms with Crippen LogP contribution < -0.4 is 24.3 Å². The molecule has 6 nitrogen and oxygen atoms in total. The summed E-state index contributed by atoms with van der Waals surface area (Å²) in [6.07, 6.45) is 0. The monoisotopic (exact) mass is 391 g/mol. The highest BCUT2D eigenvalue weighted by atomic mass is 16.6. The number of amides is 1. The summed E-state index contributed by atoms with van der Waals surface area (Å²) in [5.41, 5.74) is 1.77. The first-order valence-corrected chi connectivity index (χ1v) is 9.35. The number of rotatable bonds is 7. The molecule has 0 aliphatic carbocycles. The van der Waals surface area contributed by atoms with Gasteiger partial charge in [-0.15, -0.1) is 0 Å². The van der Waals surface area contributed by atoms with Crippen molar-refractivity contribution in [1.82, 2.24) is 0 Å². The molecule has 3 aromatic rings. The summed E-state index contributed by atoms with van der Waals surface area (Å²) in [6.45, 7) is 1.43. The minimum Gasteiger partial charge on any atom is -0.489 e. The summed E-state index contributed by atoms with van der Waals surface area (Å²) in [7, 11) is 0. The van der Waals surface area contributed by atoms with Crippen molar-refractivity contribution in [3.63, 3.8) is 0 Å². The van der Waals surface area contributed by atoms with E-state index in [0.717, 1.165) is 11.3 Å². The number of hydrogen-bond donors (Lipinski definition) is 1. The summed E-state index contributed by atoms with van der Waals surface area (Å²) in [6, 6.07) is 22.4. The second-order valence-corrected chi connectivity index (χ2v) is 6.44. The third-order valence-corrected chi connectivity index (χ3v) is 4.27.